The molecule has 1 aromatic rings. The normalized spacial score (nSPS) is 11.6. The van der Waals surface area contributed by atoms with Crippen molar-refractivity contribution in [3.63, 3.8) is 0 Å². The van der Waals surface area contributed by atoms with E-state index in [4.69, 9.17) is 4.74 Å². The Morgan fingerprint density at radius 1 is 1.33 bits per heavy atom. The molecule has 3 heteroatoms. The topological polar surface area (TPSA) is 38.3 Å². The lowest BCUT2D eigenvalue weighted by atomic mass is 10.0. The highest BCUT2D eigenvalue weighted by Gasteiger charge is 2.11. The maximum absolute atomic E-state index is 11.7. The Morgan fingerprint density at radius 3 is 2.39 bits per heavy atom. The second-order valence-corrected chi connectivity index (χ2v) is 4.46. The standard InChI is InChI=1S/C15H21NO2/c1-5-14(16-15(17)10-11(2)3)12-6-8-13(18-4)9-7-12/h6-10,14H,5H2,1-4H3,(H,16,17)/t14-/m0/s1. The number of nitrogens with one attached hydrogen (secondary N) is 1. The Hall–Kier alpha value is -1.77. The second kappa shape index (κ2) is 6.84. The number of carbonyl (C=O) groups excluding carboxylic acids is 1. The molecule has 1 amide bonds. The molecular formula is C15H21NO2. The Balaban J connectivity index is 2.76. The lowest BCUT2D eigenvalue weighted by molar-refractivity contribution is -0.117. The monoisotopic (exact) mass is 247 g/mol. The van der Waals surface area contributed by atoms with Crippen LogP contribution in [0.5, 0.6) is 5.75 Å². The molecule has 3 nitrogen and oxygen atoms in total. The molecule has 0 spiro atoms. The molecule has 0 aliphatic rings. The molecule has 0 fully saturated rings. The Kier molecular flexibility index (Phi) is 5.43. The smallest absolute Gasteiger partial charge is 0.244 e. The van der Waals surface area contributed by atoms with E-state index in [1.54, 1.807) is 13.2 Å². The van der Waals surface area contributed by atoms with Crippen molar-refractivity contribution >= 4 is 5.91 Å². The number of benzene rings is 1. The number of carbonyl (C=O) groups is 1. The summed E-state index contributed by atoms with van der Waals surface area (Å²) in [6.45, 7) is 5.87. The fourth-order valence-corrected chi connectivity index (χ4v) is 1.73. The molecule has 98 valence electrons. The van der Waals surface area contributed by atoms with Gasteiger partial charge in [0.1, 0.15) is 5.75 Å². The summed E-state index contributed by atoms with van der Waals surface area (Å²) in [7, 11) is 1.64. The summed E-state index contributed by atoms with van der Waals surface area (Å²) in [5, 5.41) is 3.00. The molecule has 0 unspecified atom stereocenters. The molecule has 0 saturated heterocycles. The molecule has 0 heterocycles. The predicted octanol–water partition coefficient (Wildman–Crippen LogP) is 3.23. The predicted molar refractivity (Wildman–Crippen MR) is 73.6 cm³/mol. The minimum atomic E-state index is -0.0438. The maximum Gasteiger partial charge on any atom is 0.244 e. The molecule has 0 radical (unpaired) electrons. The van der Waals surface area contributed by atoms with Crippen LogP contribution in [0.15, 0.2) is 35.9 Å². The Labute approximate surface area is 109 Å². The van der Waals surface area contributed by atoms with E-state index in [1.165, 1.54) is 0 Å². The summed E-state index contributed by atoms with van der Waals surface area (Å²) in [5.41, 5.74) is 2.09. The molecule has 0 saturated carbocycles. The van der Waals surface area contributed by atoms with Crippen LogP contribution in [0.25, 0.3) is 0 Å². The van der Waals surface area contributed by atoms with Gasteiger partial charge in [-0.1, -0.05) is 24.6 Å². The Bertz CT molecular complexity index is 417. The number of amides is 1. The van der Waals surface area contributed by atoms with Gasteiger partial charge in [-0.3, -0.25) is 4.79 Å². The van der Waals surface area contributed by atoms with Gasteiger partial charge in [0.25, 0.3) is 0 Å². The molecule has 0 bridgehead atoms. The van der Waals surface area contributed by atoms with Crippen molar-refractivity contribution in [2.24, 2.45) is 0 Å². The highest BCUT2D eigenvalue weighted by Crippen LogP contribution is 2.20. The summed E-state index contributed by atoms with van der Waals surface area (Å²) in [6, 6.07) is 7.82. The van der Waals surface area contributed by atoms with Crippen molar-refractivity contribution in [2.45, 2.75) is 33.2 Å². The van der Waals surface area contributed by atoms with Crippen LogP contribution >= 0.6 is 0 Å². The van der Waals surface area contributed by atoms with Gasteiger partial charge in [0.15, 0.2) is 0 Å². The number of rotatable bonds is 5. The van der Waals surface area contributed by atoms with E-state index in [0.717, 1.165) is 23.3 Å². The largest absolute Gasteiger partial charge is 0.497 e. The molecule has 0 aliphatic heterocycles. The van der Waals surface area contributed by atoms with Crippen LogP contribution < -0.4 is 10.1 Å². The fourth-order valence-electron chi connectivity index (χ4n) is 1.73. The number of ether oxygens (including phenoxy) is 1. The summed E-state index contributed by atoms with van der Waals surface area (Å²) >= 11 is 0. The third-order valence-electron chi connectivity index (χ3n) is 2.66. The van der Waals surface area contributed by atoms with Crippen LogP contribution in [0.4, 0.5) is 0 Å². The van der Waals surface area contributed by atoms with Crippen LogP contribution in [-0.2, 0) is 4.79 Å². The van der Waals surface area contributed by atoms with E-state index in [9.17, 15) is 4.79 Å². The molecule has 1 atom stereocenters. The highest BCUT2D eigenvalue weighted by atomic mass is 16.5. The van der Waals surface area contributed by atoms with Gasteiger partial charge < -0.3 is 10.1 Å². The molecule has 1 rings (SSSR count). The van der Waals surface area contributed by atoms with Gasteiger partial charge in [-0.25, -0.2) is 0 Å². The number of allylic oxidation sites excluding steroid dienone is 1. The first-order valence-electron chi connectivity index (χ1n) is 6.16. The van der Waals surface area contributed by atoms with E-state index in [-0.39, 0.29) is 11.9 Å². The second-order valence-electron chi connectivity index (χ2n) is 4.46. The van der Waals surface area contributed by atoms with Gasteiger partial charge in [0, 0.05) is 6.08 Å². The van der Waals surface area contributed by atoms with E-state index in [0.29, 0.717) is 0 Å². The fraction of sp³-hybridized carbons (Fsp3) is 0.400. The zero-order valence-corrected chi connectivity index (χ0v) is 11.5. The molecule has 1 aromatic carbocycles. The van der Waals surface area contributed by atoms with E-state index >= 15 is 0 Å². The molecule has 0 aliphatic carbocycles. The summed E-state index contributed by atoms with van der Waals surface area (Å²) in [4.78, 5) is 11.7. The number of hydrogen-bond acceptors (Lipinski definition) is 2. The zero-order valence-electron chi connectivity index (χ0n) is 11.5. The first kappa shape index (κ1) is 14.3. The first-order valence-corrected chi connectivity index (χ1v) is 6.16. The van der Waals surface area contributed by atoms with Crippen molar-refractivity contribution in [3.8, 4) is 5.75 Å². The average molecular weight is 247 g/mol. The van der Waals surface area contributed by atoms with E-state index in [1.807, 2.05) is 38.1 Å². The van der Waals surface area contributed by atoms with Crippen LogP contribution in [0.1, 0.15) is 38.8 Å². The van der Waals surface area contributed by atoms with Gasteiger partial charge in [-0.05, 0) is 38.0 Å². The summed E-state index contributed by atoms with van der Waals surface area (Å²) in [5.74, 6) is 0.780. The minimum absolute atomic E-state index is 0.0407. The SMILES string of the molecule is CC[C@H](NC(=O)C=C(C)C)c1ccc(OC)cc1. The molecular weight excluding hydrogens is 226 g/mol. The maximum atomic E-state index is 11.7. The zero-order chi connectivity index (χ0) is 13.5. The van der Waals surface area contributed by atoms with Crippen molar-refractivity contribution < 1.29 is 9.53 Å². The third-order valence-corrected chi connectivity index (χ3v) is 2.66. The molecule has 18 heavy (non-hydrogen) atoms. The summed E-state index contributed by atoms with van der Waals surface area (Å²) in [6.07, 6.45) is 2.47. The lowest BCUT2D eigenvalue weighted by Crippen LogP contribution is -2.26. The lowest BCUT2D eigenvalue weighted by Gasteiger charge is -2.16. The van der Waals surface area contributed by atoms with Crippen molar-refractivity contribution in [1.29, 1.82) is 0 Å². The number of methoxy groups -OCH3 is 1. The van der Waals surface area contributed by atoms with Crippen molar-refractivity contribution in [1.82, 2.24) is 5.32 Å². The Morgan fingerprint density at radius 2 is 1.94 bits per heavy atom. The van der Waals surface area contributed by atoms with Gasteiger partial charge >= 0.3 is 0 Å². The van der Waals surface area contributed by atoms with Gasteiger partial charge in [0.2, 0.25) is 5.91 Å². The minimum Gasteiger partial charge on any atom is -0.497 e. The average Bonchev–Trinajstić information content (AvgIpc) is 2.35. The van der Waals surface area contributed by atoms with Gasteiger partial charge in [-0.15, -0.1) is 0 Å². The van der Waals surface area contributed by atoms with Crippen LogP contribution in [0.3, 0.4) is 0 Å². The summed E-state index contributed by atoms with van der Waals surface area (Å²) < 4.78 is 5.12. The van der Waals surface area contributed by atoms with Gasteiger partial charge in [0.05, 0.1) is 13.2 Å². The van der Waals surface area contributed by atoms with E-state index in [2.05, 4.69) is 12.2 Å². The highest BCUT2D eigenvalue weighted by molar-refractivity contribution is 5.88. The van der Waals surface area contributed by atoms with E-state index < -0.39 is 0 Å². The molecule has 1 N–H and O–H groups in total. The number of hydrogen-bond donors (Lipinski definition) is 1. The van der Waals surface area contributed by atoms with Crippen LogP contribution in [0, 0.1) is 0 Å². The van der Waals surface area contributed by atoms with Crippen LogP contribution in [-0.4, -0.2) is 13.0 Å². The first-order chi connectivity index (χ1) is 8.56. The quantitative estimate of drug-likeness (QED) is 0.811. The third kappa shape index (κ3) is 4.24. The van der Waals surface area contributed by atoms with Crippen LogP contribution in [0.2, 0.25) is 0 Å². The molecule has 0 aromatic heterocycles. The van der Waals surface area contributed by atoms with Gasteiger partial charge in [-0.2, -0.15) is 0 Å². The van der Waals surface area contributed by atoms with Crippen molar-refractivity contribution in [3.05, 3.63) is 41.5 Å². The van der Waals surface area contributed by atoms with Crippen molar-refractivity contribution in [2.75, 3.05) is 7.11 Å².